The summed E-state index contributed by atoms with van der Waals surface area (Å²) in [5.74, 6) is -0.301. The number of fused-ring (bicyclic) bond motifs is 1. The molecule has 0 fully saturated rings. The molecule has 0 atom stereocenters. The number of aromatic carboxylic acids is 1. The Hall–Kier alpha value is -2.59. The predicted molar refractivity (Wildman–Crippen MR) is 90.3 cm³/mol. The molecule has 0 saturated heterocycles. The Bertz CT molecular complexity index is 893. The molecule has 0 bridgehead atoms. The number of hydrogen-bond acceptors (Lipinski definition) is 3. The van der Waals surface area contributed by atoms with Gasteiger partial charge in [-0.25, -0.2) is 9.78 Å². The quantitative estimate of drug-likeness (QED) is 0.757. The molecule has 3 aromatic rings. The number of benzene rings is 2. The summed E-state index contributed by atoms with van der Waals surface area (Å²) in [6, 6.07) is 14.1. The number of nitrogens with zero attached hydrogens (tertiary/aromatic N) is 1. The molecule has 116 valence electrons. The zero-order chi connectivity index (χ0) is 16.4. The highest BCUT2D eigenvalue weighted by Crippen LogP contribution is 2.30. The van der Waals surface area contributed by atoms with Crippen LogP contribution in [0.4, 0.5) is 0 Å². The van der Waals surface area contributed by atoms with Gasteiger partial charge in [-0.1, -0.05) is 35.9 Å². The first-order valence-corrected chi connectivity index (χ1v) is 7.53. The van der Waals surface area contributed by atoms with Crippen LogP contribution in [-0.2, 0) is 0 Å². The van der Waals surface area contributed by atoms with Gasteiger partial charge < -0.3 is 9.84 Å². The van der Waals surface area contributed by atoms with Crippen molar-refractivity contribution in [3.05, 3.63) is 59.1 Å². The number of para-hydroxylation sites is 1. The fraction of sp³-hybridized carbons (Fsp3) is 0.111. The highest BCUT2D eigenvalue weighted by molar-refractivity contribution is 6.35. The highest BCUT2D eigenvalue weighted by atomic mass is 35.5. The van der Waals surface area contributed by atoms with Gasteiger partial charge in [0.05, 0.1) is 28.4 Å². The molecule has 23 heavy (non-hydrogen) atoms. The van der Waals surface area contributed by atoms with E-state index in [0.717, 1.165) is 5.56 Å². The van der Waals surface area contributed by atoms with Crippen molar-refractivity contribution in [3.8, 4) is 17.0 Å². The van der Waals surface area contributed by atoms with Crippen LogP contribution < -0.4 is 4.74 Å². The highest BCUT2D eigenvalue weighted by Gasteiger charge is 2.14. The second-order valence-electron chi connectivity index (χ2n) is 4.96. The minimum absolute atomic E-state index is 0.175. The molecule has 1 N–H and O–H groups in total. The number of halogens is 1. The van der Waals surface area contributed by atoms with E-state index in [1.807, 2.05) is 31.2 Å². The van der Waals surface area contributed by atoms with E-state index >= 15 is 0 Å². The summed E-state index contributed by atoms with van der Waals surface area (Å²) in [6.45, 7) is 2.46. The summed E-state index contributed by atoms with van der Waals surface area (Å²) in [5, 5.41) is 10.4. The van der Waals surface area contributed by atoms with E-state index in [1.54, 1.807) is 24.3 Å². The van der Waals surface area contributed by atoms with E-state index in [4.69, 9.17) is 16.3 Å². The van der Waals surface area contributed by atoms with Gasteiger partial charge in [-0.05, 0) is 31.2 Å². The fourth-order valence-corrected chi connectivity index (χ4v) is 2.67. The van der Waals surface area contributed by atoms with Crippen LogP contribution in [0.1, 0.15) is 17.3 Å². The largest absolute Gasteiger partial charge is 0.494 e. The maximum absolute atomic E-state index is 11.6. The van der Waals surface area contributed by atoms with Gasteiger partial charge >= 0.3 is 5.97 Å². The molecule has 0 aliphatic carbocycles. The average Bonchev–Trinajstić information content (AvgIpc) is 2.55. The lowest BCUT2D eigenvalue weighted by molar-refractivity contribution is 0.0699. The maximum atomic E-state index is 11.6. The van der Waals surface area contributed by atoms with Crippen LogP contribution in [0.3, 0.4) is 0 Å². The van der Waals surface area contributed by atoms with Crippen LogP contribution in [0.15, 0.2) is 48.5 Å². The van der Waals surface area contributed by atoms with Crippen LogP contribution in [0, 0.1) is 0 Å². The number of hydrogen-bond donors (Lipinski definition) is 1. The van der Waals surface area contributed by atoms with Crippen molar-refractivity contribution in [2.45, 2.75) is 6.92 Å². The number of carboxylic acids is 1. The molecule has 5 heteroatoms. The van der Waals surface area contributed by atoms with E-state index in [2.05, 4.69) is 4.98 Å². The molecule has 0 spiro atoms. The van der Waals surface area contributed by atoms with Gasteiger partial charge in [-0.3, -0.25) is 0 Å². The molecule has 1 heterocycles. The van der Waals surface area contributed by atoms with Crippen molar-refractivity contribution in [2.75, 3.05) is 6.61 Å². The van der Waals surface area contributed by atoms with Gasteiger partial charge in [0, 0.05) is 10.9 Å². The Morgan fingerprint density at radius 3 is 2.74 bits per heavy atom. The monoisotopic (exact) mass is 327 g/mol. The summed E-state index contributed by atoms with van der Waals surface area (Å²) in [5.41, 5.74) is 1.98. The molecular weight excluding hydrogens is 314 g/mol. The Labute approximate surface area is 138 Å². The molecule has 1 aromatic heterocycles. The Morgan fingerprint density at radius 2 is 2.00 bits per heavy atom. The molecule has 0 radical (unpaired) electrons. The minimum Gasteiger partial charge on any atom is -0.494 e. The van der Waals surface area contributed by atoms with Crippen LogP contribution >= 0.6 is 11.6 Å². The summed E-state index contributed by atoms with van der Waals surface area (Å²) >= 11 is 6.19. The number of carbonyl (C=O) groups is 1. The Kier molecular flexibility index (Phi) is 4.17. The number of ether oxygens (including phenoxy) is 1. The summed E-state index contributed by atoms with van der Waals surface area (Å²) in [6.07, 6.45) is 0. The van der Waals surface area contributed by atoms with Crippen molar-refractivity contribution in [1.29, 1.82) is 0 Å². The number of rotatable bonds is 4. The van der Waals surface area contributed by atoms with Gasteiger partial charge in [0.15, 0.2) is 0 Å². The normalized spacial score (nSPS) is 10.7. The molecule has 0 aliphatic heterocycles. The topological polar surface area (TPSA) is 59.4 Å². The number of aromatic nitrogens is 1. The summed E-state index contributed by atoms with van der Waals surface area (Å²) in [4.78, 5) is 16.1. The zero-order valence-corrected chi connectivity index (χ0v) is 13.2. The summed E-state index contributed by atoms with van der Waals surface area (Å²) < 4.78 is 5.49. The first-order valence-electron chi connectivity index (χ1n) is 7.16. The second-order valence-corrected chi connectivity index (χ2v) is 5.36. The maximum Gasteiger partial charge on any atom is 0.336 e. The lowest BCUT2D eigenvalue weighted by Gasteiger charge is -2.09. The van der Waals surface area contributed by atoms with Crippen molar-refractivity contribution in [2.24, 2.45) is 0 Å². The third-order valence-corrected chi connectivity index (χ3v) is 3.77. The van der Waals surface area contributed by atoms with Crippen molar-refractivity contribution in [1.82, 2.24) is 4.98 Å². The molecule has 4 nitrogen and oxygen atoms in total. The smallest absolute Gasteiger partial charge is 0.336 e. The van der Waals surface area contributed by atoms with Crippen molar-refractivity contribution in [3.63, 3.8) is 0 Å². The Morgan fingerprint density at radius 1 is 1.22 bits per heavy atom. The van der Waals surface area contributed by atoms with E-state index in [9.17, 15) is 9.90 Å². The Balaban J connectivity index is 2.24. The number of carboxylic acid groups (broad SMARTS) is 1. The minimum atomic E-state index is -1.01. The van der Waals surface area contributed by atoms with Gasteiger partial charge in [-0.2, -0.15) is 0 Å². The first kappa shape index (κ1) is 15.3. The van der Waals surface area contributed by atoms with E-state index in [1.165, 1.54) is 0 Å². The third-order valence-electron chi connectivity index (χ3n) is 3.46. The third kappa shape index (κ3) is 2.98. The van der Waals surface area contributed by atoms with Crippen molar-refractivity contribution < 1.29 is 14.6 Å². The molecular formula is C18H14ClNO3. The van der Waals surface area contributed by atoms with Crippen molar-refractivity contribution >= 4 is 28.5 Å². The lowest BCUT2D eigenvalue weighted by Crippen LogP contribution is -2.00. The lowest BCUT2D eigenvalue weighted by atomic mass is 10.0. The molecule has 2 aromatic carbocycles. The van der Waals surface area contributed by atoms with Gasteiger partial charge in [-0.15, -0.1) is 0 Å². The zero-order valence-electron chi connectivity index (χ0n) is 12.4. The van der Waals surface area contributed by atoms with Crippen LogP contribution in [-0.4, -0.2) is 22.7 Å². The molecule has 3 rings (SSSR count). The summed E-state index contributed by atoms with van der Waals surface area (Å²) in [7, 11) is 0. The second kappa shape index (κ2) is 6.26. The standard InChI is InChI=1S/C18H14ClNO3/c1-2-23-12-6-3-5-11(9-12)16-10-14(18(21)22)13-7-4-8-15(19)17(13)20-16/h3-10H,2H2,1H3,(H,21,22). The predicted octanol–water partition coefficient (Wildman–Crippen LogP) is 4.65. The van der Waals surface area contributed by atoms with Gasteiger partial charge in [0.2, 0.25) is 0 Å². The van der Waals surface area contributed by atoms with Crippen LogP contribution in [0.2, 0.25) is 5.02 Å². The first-order chi connectivity index (χ1) is 11.1. The van der Waals surface area contributed by atoms with E-state index < -0.39 is 5.97 Å². The molecule has 0 unspecified atom stereocenters. The van der Waals surface area contributed by atoms with Gasteiger partial charge in [0.1, 0.15) is 5.75 Å². The van der Waals surface area contributed by atoms with E-state index in [-0.39, 0.29) is 5.56 Å². The molecule has 0 aliphatic rings. The number of pyridine rings is 1. The fourth-order valence-electron chi connectivity index (χ4n) is 2.45. The van der Waals surface area contributed by atoms with Crippen LogP contribution in [0.5, 0.6) is 5.75 Å². The van der Waals surface area contributed by atoms with E-state index in [0.29, 0.717) is 34.0 Å². The molecule has 0 saturated carbocycles. The van der Waals surface area contributed by atoms with Crippen LogP contribution in [0.25, 0.3) is 22.2 Å². The SMILES string of the molecule is CCOc1cccc(-c2cc(C(=O)O)c3cccc(Cl)c3n2)c1. The molecule has 0 amide bonds. The van der Waals surface area contributed by atoms with Gasteiger partial charge in [0.25, 0.3) is 0 Å². The average molecular weight is 328 g/mol.